The Morgan fingerprint density at radius 3 is 2.53 bits per heavy atom. The number of carbonyl (C=O) groups excluding carboxylic acids is 1. The third-order valence-electron chi connectivity index (χ3n) is 8.35. The van der Waals surface area contributed by atoms with E-state index >= 15 is 0 Å². The van der Waals surface area contributed by atoms with Crippen LogP contribution in [0.3, 0.4) is 0 Å². The molecular weight excluding hydrogens is 516 g/mol. The van der Waals surface area contributed by atoms with Gasteiger partial charge in [0, 0.05) is 61.0 Å². The second-order valence-electron chi connectivity index (χ2n) is 10.7. The fourth-order valence-electron chi connectivity index (χ4n) is 5.97. The molecule has 0 radical (unpaired) electrons. The van der Waals surface area contributed by atoms with Crippen molar-refractivity contribution in [2.75, 3.05) is 44.6 Å². The predicted octanol–water partition coefficient (Wildman–Crippen LogP) is 2.78. The van der Waals surface area contributed by atoms with Crippen LogP contribution in [0.5, 0.6) is 0 Å². The molecule has 10 heteroatoms. The lowest BCUT2D eigenvalue weighted by molar-refractivity contribution is -0.141. The predicted molar refractivity (Wildman–Crippen MR) is 141 cm³/mol. The number of β-amino-alcohol motifs (C(OH)–C–C–N with tert-alkyl or cyclic N) is 2. The number of carbonyl (C=O) groups is 1. The maximum atomic E-state index is 13.4. The van der Waals surface area contributed by atoms with Crippen LogP contribution in [0.2, 0.25) is 5.02 Å². The van der Waals surface area contributed by atoms with Crippen LogP contribution in [-0.2, 0) is 10.2 Å². The zero-order valence-electron chi connectivity index (χ0n) is 20.9. The van der Waals surface area contributed by atoms with Gasteiger partial charge in [0.05, 0.1) is 17.8 Å². The number of hydrogen-bond donors (Lipinski definition) is 4. The van der Waals surface area contributed by atoms with E-state index in [4.69, 9.17) is 11.6 Å². The monoisotopic (exact) mass is 547 g/mol. The van der Waals surface area contributed by atoms with Crippen LogP contribution in [0, 0.1) is 11.6 Å². The first-order valence-corrected chi connectivity index (χ1v) is 13.2. The molecule has 2 fully saturated rings. The van der Waals surface area contributed by atoms with E-state index in [9.17, 15) is 28.9 Å². The highest BCUT2D eigenvalue weighted by atomic mass is 35.5. The topological polar surface area (TPSA) is 96.3 Å². The van der Waals surface area contributed by atoms with Gasteiger partial charge in [-0.05, 0) is 67.3 Å². The normalized spacial score (nSPS) is 25.9. The van der Waals surface area contributed by atoms with Crippen LogP contribution in [-0.4, -0.2) is 88.1 Å². The minimum absolute atomic E-state index is 0.195. The molecule has 1 spiro atoms. The number of nitrogens with zero attached hydrogens (tertiary/aromatic N) is 2. The molecule has 0 aromatic heterocycles. The molecule has 3 aliphatic heterocycles. The Hall–Kier alpha value is -2.56. The second-order valence-corrected chi connectivity index (χ2v) is 11.1. The van der Waals surface area contributed by atoms with E-state index < -0.39 is 34.9 Å². The highest BCUT2D eigenvalue weighted by Crippen LogP contribution is 2.45. The van der Waals surface area contributed by atoms with Gasteiger partial charge in [-0.3, -0.25) is 9.69 Å². The van der Waals surface area contributed by atoms with Crippen LogP contribution in [0.1, 0.15) is 30.4 Å². The summed E-state index contributed by atoms with van der Waals surface area (Å²) in [6.07, 6.45) is 2.01. The van der Waals surface area contributed by atoms with Crippen LogP contribution in [0.15, 0.2) is 42.5 Å². The fourth-order valence-corrected chi connectivity index (χ4v) is 6.14. The van der Waals surface area contributed by atoms with Crippen molar-refractivity contribution in [3.05, 3.63) is 70.3 Å². The molecule has 7 nitrogen and oxygen atoms in total. The Balaban J connectivity index is 1.14. The SMILES string of the molecule is O=C(/C=C/c1cc(F)cc(F)c1)N1CCC(O)(C(O)CN2CCC3(CNc4cc(Cl)ccc43)C(O)C2)CC1. The average molecular weight is 548 g/mol. The number of hydrogen-bond acceptors (Lipinski definition) is 6. The summed E-state index contributed by atoms with van der Waals surface area (Å²) in [4.78, 5) is 16.1. The summed E-state index contributed by atoms with van der Waals surface area (Å²) in [7, 11) is 0. The van der Waals surface area contributed by atoms with Gasteiger partial charge in [0.1, 0.15) is 11.6 Å². The number of halogens is 3. The number of rotatable bonds is 5. The summed E-state index contributed by atoms with van der Waals surface area (Å²) in [5.41, 5.74) is 0.477. The standard InChI is InChI=1S/C28H32ClF2N3O4/c29-19-2-3-22-23(13-19)32-17-27(22)5-8-33(15-24(27)35)16-25(36)28(38)6-9-34(10-7-28)26(37)4-1-18-11-20(30)14-21(31)12-18/h1-4,11-14,24-25,32,35-36,38H,5-10,15-17H2/b4-1+. The maximum absolute atomic E-state index is 13.4. The fraction of sp³-hybridized carbons (Fsp3) is 0.464. The smallest absolute Gasteiger partial charge is 0.246 e. The number of piperidine rings is 2. The molecule has 2 aromatic rings. The van der Waals surface area contributed by atoms with E-state index in [0.717, 1.165) is 29.4 Å². The van der Waals surface area contributed by atoms with Crippen LogP contribution >= 0.6 is 11.6 Å². The zero-order valence-corrected chi connectivity index (χ0v) is 21.7. The second kappa shape index (κ2) is 10.5. The molecule has 5 rings (SSSR count). The lowest BCUT2D eigenvalue weighted by Gasteiger charge is -2.46. The van der Waals surface area contributed by atoms with E-state index in [-0.39, 0.29) is 43.9 Å². The van der Waals surface area contributed by atoms with Gasteiger partial charge >= 0.3 is 0 Å². The van der Waals surface area contributed by atoms with Crippen LogP contribution < -0.4 is 5.32 Å². The van der Waals surface area contributed by atoms with E-state index in [0.29, 0.717) is 31.1 Å². The lowest BCUT2D eigenvalue weighted by atomic mass is 9.72. The third-order valence-corrected chi connectivity index (χ3v) is 8.59. The van der Waals surface area contributed by atoms with Crippen molar-refractivity contribution in [3.8, 4) is 0 Å². The Morgan fingerprint density at radius 2 is 1.84 bits per heavy atom. The van der Waals surface area contributed by atoms with Gasteiger partial charge in [0.15, 0.2) is 0 Å². The number of nitrogens with one attached hydrogen (secondary N) is 1. The van der Waals surface area contributed by atoms with Crippen molar-refractivity contribution < 1.29 is 28.9 Å². The summed E-state index contributed by atoms with van der Waals surface area (Å²) in [6, 6.07) is 8.71. The molecule has 3 atom stereocenters. The highest BCUT2D eigenvalue weighted by Gasteiger charge is 2.49. The van der Waals surface area contributed by atoms with Crippen LogP contribution in [0.25, 0.3) is 6.08 Å². The van der Waals surface area contributed by atoms with Crippen molar-refractivity contribution in [1.29, 1.82) is 0 Å². The first kappa shape index (κ1) is 27.0. The Morgan fingerprint density at radius 1 is 1.13 bits per heavy atom. The van der Waals surface area contributed by atoms with Crippen molar-refractivity contribution >= 4 is 29.3 Å². The molecule has 1 amide bonds. The van der Waals surface area contributed by atoms with Gasteiger partial charge in [0.25, 0.3) is 0 Å². The Labute approximate surface area is 225 Å². The number of aliphatic hydroxyl groups is 3. The van der Waals surface area contributed by atoms with Crippen molar-refractivity contribution in [2.24, 2.45) is 0 Å². The number of likely N-dealkylation sites (tertiary alicyclic amines) is 2. The lowest BCUT2D eigenvalue weighted by Crippen LogP contribution is -2.59. The number of aliphatic hydroxyl groups excluding tert-OH is 2. The Kier molecular flexibility index (Phi) is 7.50. The zero-order chi connectivity index (χ0) is 27.1. The van der Waals surface area contributed by atoms with Gasteiger partial charge in [-0.1, -0.05) is 17.7 Å². The molecule has 2 aromatic carbocycles. The Bertz CT molecular complexity index is 1220. The van der Waals surface area contributed by atoms with Crippen molar-refractivity contribution in [3.63, 3.8) is 0 Å². The number of amides is 1. The third kappa shape index (κ3) is 5.31. The summed E-state index contributed by atoms with van der Waals surface area (Å²) in [5, 5.41) is 37.3. The molecule has 38 heavy (non-hydrogen) atoms. The van der Waals surface area contributed by atoms with Crippen molar-refractivity contribution in [1.82, 2.24) is 9.80 Å². The highest BCUT2D eigenvalue weighted by molar-refractivity contribution is 6.30. The largest absolute Gasteiger partial charge is 0.391 e. The number of anilines is 1. The quantitative estimate of drug-likeness (QED) is 0.430. The first-order chi connectivity index (χ1) is 18.1. The molecule has 2 saturated heterocycles. The summed E-state index contributed by atoms with van der Waals surface area (Å²) in [6.45, 7) is 2.34. The van der Waals surface area contributed by atoms with Gasteiger partial charge in [-0.15, -0.1) is 0 Å². The summed E-state index contributed by atoms with van der Waals surface area (Å²) in [5.74, 6) is -1.78. The minimum Gasteiger partial charge on any atom is -0.391 e. The summed E-state index contributed by atoms with van der Waals surface area (Å²) >= 11 is 6.12. The maximum Gasteiger partial charge on any atom is 0.246 e. The first-order valence-electron chi connectivity index (χ1n) is 12.9. The van der Waals surface area contributed by atoms with Gasteiger partial charge in [-0.25, -0.2) is 8.78 Å². The minimum atomic E-state index is -1.36. The van der Waals surface area contributed by atoms with E-state index in [1.807, 2.05) is 23.1 Å². The van der Waals surface area contributed by atoms with Gasteiger partial charge in [0.2, 0.25) is 5.91 Å². The molecule has 3 aliphatic rings. The number of benzene rings is 2. The molecular formula is C28H32ClF2N3O4. The number of fused-ring (bicyclic) bond motifs is 2. The van der Waals surface area contributed by atoms with Crippen molar-refractivity contribution in [2.45, 2.75) is 42.5 Å². The van der Waals surface area contributed by atoms with E-state index in [1.54, 1.807) is 4.90 Å². The molecule has 0 saturated carbocycles. The average Bonchev–Trinajstić information content (AvgIpc) is 3.23. The molecule has 204 valence electrons. The van der Waals surface area contributed by atoms with Gasteiger partial charge < -0.3 is 25.5 Å². The molecule has 4 N–H and O–H groups in total. The van der Waals surface area contributed by atoms with E-state index in [1.165, 1.54) is 12.2 Å². The van der Waals surface area contributed by atoms with Gasteiger partial charge in [-0.2, -0.15) is 0 Å². The summed E-state index contributed by atoms with van der Waals surface area (Å²) < 4.78 is 26.7. The molecule has 3 unspecified atom stereocenters. The molecule has 0 bridgehead atoms. The molecule has 0 aliphatic carbocycles. The van der Waals surface area contributed by atoms with Crippen LogP contribution in [0.4, 0.5) is 14.5 Å². The molecule has 3 heterocycles. The van der Waals surface area contributed by atoms with E-state index in [2.05, 4.69) is 5.32 Å².